The lowest BCUT2D eigenvalue weighted by molar-refractivity contribution is -0.134. The molecule has 5 heteroatoms. The first-order chi connectivity index (χ1) is 9.90. The lowest BCUT2D eigenvalue weighted by atomic mass is 9.95. The quantitative estimate of drug-likeness (QED) is 0.837. The van der Waals surface area contributed by atoms with Crippen LogP contribution in [0.15, 0.2) is 18.2 Å². The van der Waals surface area contributed by atoms with Gasteiger partial charge in [0.05, 0.1) is 5.56 Å². The third kappa shape index (κ3) is 3.40. The van der Waals surface area contributed by atoms with E-state index in [1.807, 2.05) is 0 Å². The van der Waals surface area contributed by atoms with E-state index in [1.54, 1.807) is 36.9 Å². The molecule has 0 unspecified atom stereocenters. The molecule has 0 atom stereocenters. The van der Waals surface area contributed by atoms with Crippen molar-refractivity contribution in [3.8, 4) is 0 Å². The van der Waals surface area contributed by atoms with Crippen LogP contribution in [0.5, 0.6) is 0 Å². The number of carbonyl (C=O) groups excluding carboxylic acids is 2. The van der Waals surface area contributed by atoms with Gasteiger partial charge in [-0.05, 0) is 37.5 Å². The Labute approximate surface area is 124 Å². The second kappa shape index (κ2) is 6.24. The van der Waals surface area contributed by atoms with Crippen molar-refractivity contribution in [2.75, 3.05) is 27.2 Å². The maximum absolute atomic E-state index is 13.9. The summed E-state index contributed by atoms with van der Waals surface area (Å²) in [6.45, 7) is 2.78. The van der Waals surface area contributed by atoms with Gasteiger partial charge in [0.2, 0.25) is 5.91 Å². The average molecular weight is 292 g/mol. The third-order valence-electron chi connectivity index (χ3n) is 3.93. The molecule has 1 heterocycles. The van der Waals surface area contributed by atoms with Crippen LogP contribution in [0.4, 0.5) is 4.39 Å². The molecule has 1 aromatic carbocycles. The minimum Gasteiger partial charge on any atom is -0.349 e. The van der Waals surface area contributed by atoms with Gasteiger partial charge in [-0.25, -0.2) is 4.39 Å². The fourth-order valence-corrected chi connectivity index (χ4v) is 2.66. The van der Waals surface area contributed by atoms with Crippen molar-refractivity contribution in [3.63, 3.8) is 0 Å². The molecule has 0 saturated carbocycles. The second-order valence-corrected chi connectivity index (χ2v) is 5.78. The molecule has 1 aliphatic heterocycles. The molecule has 1 saturated heterocycles. The van der Waals surface area contributed by atoms with Gasteiger partial charge in [-0.3, -0.25) is 9.59 Å². The maximum Gasteiger partial charge on any atom is 0.256 e. The monoisotopic (exact) mass is 292 g/mol. The van der Waals surface area contributed by atoms with Gasteiger partial charge in [0.1, 0.15) is 5.82 Å². The van der Waals surface area contributed by atoms with Crippen LogP contribution in [-0.4, -0.2) is 48.8 Å². The molecule has 0 radical (unpaired) electrons. The van der Waals surface area contributed by atoms with Crippen LogP contribution in [0.25, 0.3) is 0 Å². The normalized spacial score (nSPS) is 15.9. The summed E-state index contributed by atoms with van der Waals surface area (Å²) in [4.78, 5) is 27.4. The first-order valence-corrected chi connectivity index (χ1v) is 7.16. The lowest BCUT2D eigenvalue weighted by Crippen LogP contribution is -2.43. The van der Waals surface area contributed by atoms with Crippen LogP contribution >= 0.6 is 0 Å². The van der Waals surface area contributed by atoms with Gasteiger partial charge in [-0.2, -0.15) is 0 Å². The van der Waals surface area contributed by atoms with E-state index < -0.39 is 5.82 Å². The first kappa shape index (κ1) is 15.5. The van der Waals surface area contributed by atoms with Gasteiger partial charge in [0.15, 0.2) is 0 Å². The lowest BCUT2D eigenvalue weighted by Gasteiger charge is -2.32. The fourth-order valence-electron chi connectivity index (χ4n) is 2.66. The number of hydrogen-bond donors (Lipinski definition) is 0. The van der Waals surface area contributed by atoms with Crippen molar-refractivity contribution in [2.45, 2.75) is 19.8 Å². The van der Waals surface area contributed by atoms with Crippen LogP contribution in [0.1, 0.15) is 28.8 Å². The minimum absolute atomic E-state index is 0.0353. The van der Waals surface area contributed by atoms with Crippen molar-refractivity contribution in [2.24, 2.45) is 5.92 Å². The number of hydrogen-bond acceptors (Lipinski definition) is 2. The van der Waals surface area contributed by atoms with Gasteiger partial charge in [-0.1, -0.05) is 6.07 Å². The smallest absolute Gasteiger partial charge is 0.256 e. The molecule has 0 spiro atoms. The SMILES string of the molecule is Cc1ccc(C(=O)N2CCC(C(=O)N(C)C)CC2)c(F)c1. The van der Waals surface area contributed by atoms with Gasteiger partial charge in [-0.15, -0.1) is 0 Å². The number of aryl methyl sites for hydroxylation is 1. The Bertz CT molecular complexity index is 549. The summed E-state index contributed by atoms with van der Waals surface area (Å²) in [5, 5.41) is 0. The molecule has 1 aliphatic rings. The minimum atomic E-state index is -0.480. The number of rotatable bonds is 2. The number of carbonyl (C=O) groups is 2. The van der Waals surface area contributed by atoms with Gasteiger partial charge < -0.3 is 9.80 Å². The summed E-state index contributed by atoms with van der Waals surface area (Å²) in [6.07, 6.45) is 1.27. The van der Waals surface area contributed by atoms with E-state index in [9.17, 15) is 14.0 Å². The highest BCUT2D eigenvalue weighted by Crippen LogP contribution is 2.21. The Morgan fingerprint density at radius 2 is 1.86 bits per heavy atom. The number of halogens is 1. The molecule has 2 amide bonds. The topological polar surface area (TPSA) is 40.6 Å². The summed E-state index contributed by atoms with van der Waals surface area (Å²) in [7, 11) is 3.48. The Morgan fingerprint density at radius 3 is 2.38 bits per heavy atom. The van der Waals surface area contributed by atoms with E-state index in [0.717, 1.165) is 5.56 Å². The van der Waals surface area contributed by atoms with Crippen molar-refractivity contribution < 1.29 is 14.0 Å². The van der Waals surface area contributed by atoms with E-state index in [-0.39, 0.29) is 23.3 Å². The van der Waals surface area contributed by atoms with Gasteiger partial charge in [0, 0.05) is 33.1 Å². The van der Waals surface area contributed by atoms with E-state index in [1.165, 1.54) is 12.1 Å². The predicted molar refractivity (Wildman–Crippen MR) is 78.5 cm³/mol. The molecule has 2 rings (SSSR count). The molecule has 114 valence electrons. The van der Waals surface area contributed by atoms with Crippen LogP contribution in [0.2, 0.25) is 0 Å². The number of likely N-dealkylation sites (tertiary alicyclic amines) is 1. The number of amides is 2. The standard InChI is InChI=1S/C16H21FN2O2/c1-11-4-5-13(14(17)10-11)16(21)19-8-6-12(7-9-19)15(20)18(2)3/h4-5,10,12H,6-9H2,1-3H3. The molecule has 1 aromatic rings. The Kier molecular flexibility index (Phi) is 4.60. The van der Waals surface area contributed by atoms with Gasteiger partial charge in [0.25, 0.3) is 5.91 Å². The average Bonchev–Trinajstić information content (AvgIpc) is 2.46. The molecule has 1 fully saturated rings. The van der Waals surface area contributed by atoms with E-state index in [4.69, 9.17) is 0 Å². The highest BCUT2D eigenvalue weighted by Gasteiger charge is 2.29. The fraction of sp³-hybridized carbons (Fsp3) is 0.500. The highest BCUT2D eigenvalue weighted by molar-refractivity contribution is 5.94. The molecular formula is C16H21FN2O2. The highest BCUT2D eigenvalue weighted by atomic mass is 19.1. The summed E-state index contributed by atoms with van der Waals surface area (Å²) in [5.41, 5.74) is 0.900. The molecule has 0 aliphatic carbocycles. The van der Waals surface area contributed by atoms with Crippen molar-refractivity contribution in [1.29, 1.82) is 0 Å². The number of benzene rings is 1. The Morgan fingerprint density at radius 1 is 1.24 bits per heavy atom. The van der Waals surface area contributed by atoms with Crippen molar-refractivity contribution in [3.05, 3.63) is 35.1 Å². The maximum atomic E-state index is 13.9. The molecule has 0 bridgehead atoms. The molecular weight excluding hydrogens is 271 g/mol. The summed E-state index contributed by atoms with van der Waals surface area (Å²) in [6, 6.07) is 4.64. The van der Waals surface area contributed by atoms with Crippen LogP contribution in [0.3, 0.4) is 0 Å². The summed E-state index contributed by atoms with van der Waals surface area (Å²) < 4.78 is 13.9. The van der Waals surface area contributed by atoms with E-state index in [2.05, 4.69) is 0 Å². The third-order valence-corrected chi connectivity index (χ3v) is 3.93. The Balaban J connectivity index is 2.02. The first-order valence-electron chi connectivity index (χ1n) is 7.16. The van der Waals surface area contributed by atoms with Crippen LogP contribution in [0, 0.1) is 18.7 Å². The largest absolute Gasteiger partial charge is 0.349 e. The molecule has 0 N–H and O–H groups in total. The number of nitrogens with zero attached hydrogens (tertiary/aromatic N) is 2. The van der Waals surface area contributed by atoms with E-state index in [0.29, 0.717) is 25.9 Å². The zero-order valence-electron chi connectivity index (χ0n) is 12.7. The van der Waals surface area contributed by atoms with Crippen LogP contribution in [-0.2, 0) is 4.79 Å². The number of piperidine rings is 1. The zero-order valence-corrected chi connectivity index (χ0v) is 12.7. The molecule has 0 aromatic heterocycles. The van der Waals surface area contributed by atoms with Crippen LogP contribution < -0.4 is 0 Å². The molecule has 21 heavy (non-hydrogen) atoms. The molecule has 4 nitrogen and oxygen atoms in total. The van der Waals surface area contributed by atoms with E-state index >= 15 is 0 Å². The summed E-state index contributed by atoms with van der Waals surface area (Å²) in [5.74, 6) is -0.703. The van der Waals surface area contributed by atoms with Gasteiger partial charge >= 0.3 is 0 Å². The zero-order chi connectivity index (χ0) is 15.6. The Hall–Kier alpha value is -1.91. The summed E-state index contributed by atoms with van der Waals surface area (Å²) >= 11 is 0. The second-order valence-electron chi connectivity index (χ2n) is 5.78. The predicted octanol–water partition coefficient (Wildman–Crippen LogP) is 2.07. The van der Waals surface area contributed by atoms with Crippen molar-refractivity contribution in [1.82, 2.24) is 9.80 Å². The van der Waals surface area contributed by atoms with Crippen molar-refractivity contribution >= 4 is 11.8 Å².